The summed E-state index contributed by atoms with van der Waals surface area (Å²) >= 11 is 1.59. The minimum absolute atomic E-state index is 0.0143. The van der Waals surface area contributed by atoms with Crippen LogP contribution in [0.2, 0.25) is 0 Å². The van der Waals surface area contributed by atoms with Crippen molar-refractivity contribution < 1.29 is 4.79 Å². The molecule has 1 saturated heterocycles. The van der Waals surface area contributed by atoms with Crippen molar-refractivity contribution in [3.63, 3.8) is 0 Å². The average Bonchev–Trinajstić information content (AvgIpc) is 3.29. The van der Waals surface area contributed by atoms with Gasteiger partial charge in [0.1, 0.15) is 17.0 Å². The minimum atomic E-state index is 0.0143. The number of aryl methyl sites for hydroxylation is 1. The molecule has 0 radical (unpaired) electrons. The van der Waals surface area contributed by atoms with Crippen molar-refractivity contribution in [3.05, 3.63) is 28.4 Å². The number of nitrogens with one attached hydrogen (secondary N) is 1. The molecule has 1 N–H and O–H groups in total. The van der Waals surface area contributed by atoms with Gasteiger partial charge in [-0.2, -0.15) is 0 Å². The Kier molecular flexibility index (Phi) is 5.20. The summed E-state index contributed by atoms with van der Waals surface area (Å²) < 4.78 is 0. The fourth-order valence-corrected chi connectivity index (χ4v) is 5.01. The lowest BCUT2D eigenvalue weighted by Crippen LogP contribution is -2.26. The quantitative estimate of drug-likeness (QED) is 0.801. The van der Waals surface area contributed by atoms with Gasteiger partial charge in [0.25, 0.3) is 5.91 Å². The van der Waals surface area contributed by atoms with Gasteiger partial charge >= 0.3 is 0 Å². The first-order valence-corrected chi connectivity index (χ1v) is 10.5. The summed E-state index contributed by atoms with van der Waals surface area (Å²) in [6.45, 7) is 4.74. The molecule has 4 rings (SSSR count). The van der Waals surface area contributed by atoms with Crippen molar-refractivity contribution in [1.29, 1.82) is 0 Å². The number of anilines is 1. The maximum atomic E-state index is 13.0. The number of carbonyl (C=O) groups is 1. The third-order valence-corrected chi connectivity index (χ3v) is 6.41. The predicted octanol–water partition coefficient (Wildman–Crippen LogP) is 4.22. The van der Waals surface area contributed by atoms with Gasteiger partial charge in [-0.05, 0) is 51.9 Å². The van der Waals surface area contributed by atoms with E-state index in [1.165, 1.54) is 44.1 Å². The van der Waals surface area contributed by atoms with Crippen LogP contribution >= 0.6 is 11.3 Å². The fourth-order valence-electron chi connectivity index (χ4n) is 4.03. The molecule has 1 fully saturated rings. The minimum Gasteiger partial charge on any atom is -0.356 e. The second-order valence-corrected chi connectivity index (χ2v) is 8.42. The smallest absolute Gasteiger partial charge is 0.253 e. The molecule has 1 amide bonds. The van der Waals surface area contributed by atoms with Crippen LogP contribution in [0.25, 0.3) is 10.2 Å². The van der Waals surface area contributed by atoms with Gasteiger partial charge in [0.05, 0.1) is 10.9 Å². The van der Waals surface area contributed by atoms with E-state index in [0.29, 0.717) is 6.54 Å². The van der Waals surface area contributed by atoms with E-state index >= 15 is 0 Å². The fraction of sp³-hybridized carbons (Fsp3) is 0.550. The van der Waals surface area contributed by atoms with E-state index in [0.717, 1.165) is 46.0 Å². The molecule has 2 aromatic rings. The van der Waals surface area contributed by atoms with Gasteiger partial charge in [-0.15, -0.1) is 11.3 Å². The molecule has 1 aliphatic heterocycles. The summed E-state index contributed by atoms with van der Waals surface area (Å²) in [4.78, 5) is 26.1. The third-order valence-electron chi connectivity index (χ3n) is 5.39. The number of rotatable bonds is 5. The Bertz CT molecular complexity index is 836. The number of thiophene rings is 1. The zero-order valence-electron chi connectivity index (χ0n) is 15.4. The molecule has 5 nitrogen and oxygen atoms in total. The van der Waals surface area contributed by atoms with Gasteiger partial charge in [0.15, 0.2) is 0 Å². The van der Waals surface area contributed by atoms with Crippen molar-refractivity contribution >= 4 is 33.3 Å². The van der Waals surface area contributed by atoms with Crippen molar-refractivity contribution in [1.82, 2.24) is 15.3 Å². The largest absolute Gasteiger partial charge is 0.356 e. The van der Waals surface area contributed by atoms with E-state index < -0.39 is 0 Å². The van der Waals surface area contributed by atoms with Crippen LogP contribution in [-0.4, -0.2) is 35.5 Å². The van der Waals surface area contributed by atoms with Gasteiger partial charge in [-0.25, -0.2) is 9.97 Å². The normalized spacial score (nSPS) is 17.6. The first-order valence-electron chi connectivity index (χ1n) is 9.69. The van der Waals surface area contributed by atoms with E-state index in [9.17, 15) is 4.79 Å². The van der Waals surface area contributed by atoms with E-state index in [2.05, 4.69) is 26.3 Å². The molecule has 2 aromatic heterocycles. The number of nitrogens with zero attached hydrogens (tertiary/aromatic N) is 3. The number of allylic oxidation sites excluding steroid dienone is 1. The van der Waals surface area contributed by atoms with Gasteiger partial charge in [0.2, 0.25) is 0 Å². The van der Waals surface area contributed by atoms with Crippen molar-refractivity contribution in [3.8, 4) is 0 Å². The van der Waals surface area contributed by atoms with Crippen LogP contribution in [0.1, 0.15) is 60.2 Å². The summed E-state index contributed by atoms with van der Waals surface area (Å²) in [7, 11) is 0. The van der Waals surface area contributed by atoms with E-state index in [1.807, 2.05) is 6.92 Å². The Labute approximate surface area is 158 Å². The summed E-state index contributed by atoms with van der Waals surface area (Å²) in [5.74, 6) is 0.942. The zero-order chi connectivity index (χ0) is 17.9. The molecule has 138 valence electrons. The first-order chi connectivity index (χ1) is 12.7. The van der Waals surface area contributed by atoms with Gasteiger partial charge in [0, 0.05) is 24.5 Å². The van der Waals surface area contributed by atoms with Crippen LogP contribution in [0.15, 0.2) is 18.0 Å². The molecular formula is C20H26N4OS. The molecule has 26 heavy (non-hydrogen) atoms. The highest BCUT2D eigenvalue weighted by atomic mass is 32.1. The van der Waals surface area contributed by atoms with Crippen LogP contribution in [0, 0.1) is 6.92 Å². The molecular weight excluding hydrogens is 344 g/mol. The van der Waals surface area contributed by atoms with Crippen LogP contribution in [0.5, 0.6) is 0 Å². The predicted molar refractivity (Wildman–Crippen MR) is 107 cm³/mol. The molecule has 0 atom stereocenters. The first kappa shape index (κ1) is 17.5. The highest BCUT2D eigenvalue weighted by molar-refractivity contribution is 7.19. The maximum Gasteiger partial charge on any atom is 0.253 e. The molecule has 6 heteroatoms. The number of aromatic nitrogens is 2. The zero-order valence-corrected chi connectivity index (χ0v) is 16.2. The maximum absolute atomic E-state index is 13.0. The number of amides is 1. The number of hydrogen-bond acceptors (Lipinski definition) is 5. The number of hydrogen-bond donors (Lipinski definition) is 1. The van der Waals surface area contributed by atoms with E-state index in [4.69, 9.17) is 0 Å². The van der Waals surface area contributed by atoms with Crippen LogP contribution in [0.4, 0.5) is 5.82 Å². The number of carbonyl (C=O) groups excluding carboxylic acids is 1. The van der Waals surface area contributed by atoms with E-state index in [-0.39, 0.29) is 5.91 Å². The van der Waals surface area contributed by atoms with Crippen molar-refractivity contribution in [2.75, 3.05) is 24.5 Å². The molecule has 3 heterocycles. The summed E-state index contributed by atoms with van der Waals surface area (Å²) in [6.07, 6.45) is 12.3. The average molecular weight is 371 g/mol. The Morgan fingerprint density at radius 3 is 2.85 bits per heavy atom. The van der Waals surface area contributed by atoms with Crippen LogP contribution in [0.3, 0.4) is 0 Å². The van der Waals surface area contributed by atoms with Gasteiger partial charge < -0.3 is 10.2 Å². The Morgan fingerprint density at radius 2 is 2.08 bits per heavy atom. The molecule has 0 saturated carbocycles. The standard InChI is InChI=1S/C20H26N4OS/c1-14-16(19(25)21-10-9-15-7-3-2-4-8-15)17-18(24-11-5-6-12-24)22-13-23-20(17)26-14/h7,13H,2-6,8-12H2,1H3,(H,21,25). The van der Waals surface area contributed by atoms with Crippen molar-refractivity contribution in [2.45, 2.75) is 51.9 Å². The third kappa shape index (κ3) is 3.47. The summed E-state index contributed by atoms with van der Waals surface area (Å²) in [5, 5.41) is 4.07. The second kappa shape index (κ2) is 7.74. The highest BCUT2D eigenvalue weighted by Crippen LogP contribution is 2.36. The number of fused-ring (bicyclic) bond motifs is 1. The van der Waals surface area contributed by atoms with E-state index in [1.54, 1.807) is 17.7 Å². The van der Waals surface area contributed by atoms with Crippen molar-refractivity contribution in [2.24, 2.45) is 0 Å². The molecule has 0 spiro atoms. The second-order valence-electron chi connectivity index (χ2n) is 7.22. The lowest BCUT2D eigenvalue weighted by atomic mass is 9.97. The SMILES string of the molecule is Cc1sc2ncnc(N3CCCC3)c2c1C(=O)NCCC1=CCCCC1. The Morgan fingerprint density at radius 1 is 1.23 bits per heavy atom. The summed E-state index contributed by atoms with van der Waals surface area (Å²) in [5.41, 5.74) is 2.26. The van der Waals surface area contributed by atoms with Gasteiger partial charge in [-0.1, -0.05) is 11.6 Å². The van der Waals surface area contributed by atoms with Crippen LogP contribution in [-0.2, 0) is 0 Å². The van der Waals surface area contributed by atoms with Gasteiger partial charge in [-0.3, -0.25) is 4.79 Å². The molecule has 1 aliphatic carbocycles. The summed E-state index contributed by atoms with van der Waals surface area (Å²) in [6, 6.07) is 0. The lowest BCUT2D eigenvalue weighted by molar-refractivity contribution is 0.0955. The highest BCUT2D eigenvalue weighted by Gasteiger charge is 2.24. The topological polar surface area (TPSA) is 58.1 Å². The lowest BCUT2D eigenvalue weighted by Gasteiger charge is -2.18. The molecule has 0 aromatic carbocycles. The Balaban J connectivity index is 1.55. The molecule has 2 aliphatic rings. The molecule has 0 unspecified atom stereocenters. The molecule has 0 bridgehead atoms. The van der Waals surface area contributed by atoms with Crippen LogP contribution < -0.4 is 10.2 Å². The Hall–Kier alpha value is -1.95. The monoisotopic (exact) mass is 370 g/mol.